The number of benzene rings is 1. The molecule has 1 aliphatic carbocycles. The number of hydrogen-bond donors (Lipinski definition) is 1. The minimum absolute atomic E-state index is 0.0471. The van der Waals surface area contributed by atoms with Crippen LogP contribution in [-0.2, 0) is 19.4 Å². The molecule has 0 spiro atoms. The first kappa shape index (κ1) is 13.1. The fraction of sp³-hybridized carbons (Fsp3) is 0.353. The molecule has 0 saturated carbocycles. The molecule has 3 nitrogen and oxygen atoms in total. The van der Waals surface area contributed by atoms with Gasteiger partial charge in [0.1, 0.15) is 0 Å². The van der Waals surface area contributed by atoms with Crippen molar-refractivity contribution in [3.05, 3.63) is 69.6 Å². The third-order valence-corrected chi connectivity index (χ3v) is 4.06. The molecule has 0 radical (unpaired) electrons. The largest absolute Gasteiger partial charge is 0.388 e. The Morgan fingerprint density at radius 3 is 2.70 bits per heavy atom. The van der Waals surface area contributed by atoms with Gasteiger partial charge >= 0.3 is 0 Å². The normalized spacial score (nSPS) is 15.1. The predicted molar refractivity (Wildman–Crippen MR) is 78.7 cm³/mol. The first-order valence-electron chi connectivity index (χ1n) is 7.20. The summed E-state index contributed by atoms with van der Waals surface area (Å²) in [6.07, 6.45) is 3.23. The summed E-state index contributed by atoms with van der Waals surface area (Å²) in [4.78, 5) is 12.0. The fourth-order valence-electron chi connectivity index (χ4n) is 2.97. The van der Waals surface area contributed by atoms with E-state index in [-0.39, 0.29) is 5.56 Å². The highest BCUT2D eigenvalue weighted by molar-refractivity contribution is 5.26. The zero-order valence-electron chi connectivity index (χ0n) is 11.5. The molecule has 3 heteroatoms. The molecule has 104 valence electrons. The van der Waals surface area contributed by atoms with E-state index >= 15 is 0 Å². The topological polar surface area (TPSA) is 42.2 Å². The van der Waals surface area contributed by atoms with E-state index in [9.17, 15) is 9.90 Å². The van der Waals surface area contributed by atoms with Gasteiger partial charge in [0.2, 0.25) is 0 Å². The van der Waals surface area contributed by atoms with Crippen molar-refractivity contribution in [3.63, 3.8) is 0 Å². The number of hydrogen-bond acceptors (Lipinski definition) is 2. The molecule has 1 atom stereocenters. The van der Waals surface area contributed by atoms with Crippen LogP contribution in [0.5, 0.6) is 0 Å². The van der Waals surface area contributed by atoms with Crippen molar-refractivity contribution in [3.8, 4) is 0 Å². The predicted octanol–water partition coefficient (Wildman–Crippen LogP) is 2.46. The number of aromatic nitrogens is 1. The second kappa shape index (κ2) is 5.63. The van der Waals surface area contributed by atoms with Gasteiger partial charge in [-0.3, -0.25) is 4.79 Å². The first-order chi connectivity index (χ1) is 9.75. The van der Waals surface area contributed by atoms with Gasteiger partial charge < -0.3 is 9.67 Å². The van der Waals surface area contributed by atoms with Crippen LogP contribution >= 0.6 is 0 Å². The summed E-state index contributed by atoms with van der Waals surface area (Å²) in [5, 5.41) is 10.2. The Kier molecular flexibility index (Phi) is 3.70. The zero-order valence-corrected chi connectivity index (χ0v) is 11.5. The van der Waals surface area contributed by atoms with E-state index in [1.807, 2.05) is 41.0 Å². The number of pyridine rings is 1. The van der Waals surface area contributed by atoms with E-state index in [1.54, 1.807) is 6.07 Å². The molecule has 1 heterocycles. The van der Waals surface area contributed by atoms with Gasteiger partial charge in [-0.15, -0.1) is 0 Å². The lowest BCUT2D eigenvalue weighted by Gasteiger charge is -2.15. The maximum Gasteiger partial charge on any atom is 0.250 e. The second-order valence-electron chi connectivity index (χ2n) is 5.36. The standard InChI is InChI=1S/C17H19NO2/c19-16(14-5-2-1-3-6-14)11-12-18-15-8-4-7-13(15)9-10-17(18)20/h1-3,5-6,9-10,16,19H,4,7-8,11-12H2. The fourth-order valence-corrected chi connectivity index (χ4v) is 2.97. The number of aliphatic hydroxyl groups is 1. The average Bonchev–Trinajstić information content (AvgIpc) is 2.95. The Morgan fingerprint density at radius 2 is 1.90 bits per heavy atom. The Morgan fingerprint density at radius 1 is 1.10 bits per heavy atom. The average molecular weight is 269 g/mol. The maximum absolute atomic E-state index is 12.0. The molecule has 0 amide bonds. The Balaban J connectivity index is 1.76. The Hall–Kier alpha value is -1.87. The quantitative estimate of drug-likeness (QED) is 0.926. The third-order valence-electron chi connectivity index (χ3n) is 4.06. The molecule has 20 heavy (non-hydrogen) atoms. The van der Waals surface area contributed by atoms with Gasteiger partial charge in [-0.1, -0.05) is 36.4 Å². The Labute approximate surface area is 118 Å². The van der Waals surface area contributed by atoms with Crippen LogP contribution in [0.15, 0.2) is 47.3 Å². The van der Waals surface area contributed by atoms with E-state index in [0.717, 1.165) is 30.5 Å². The van der Waals surface area contributed by atoms with Crippen LogP contribution in [0.3, 0.4) is 0 Å². The van der Waals surface area contributed by atoms with Crippen LogP contribution in [0, 0.1) is 0 Å². The van der Waals surface area contributed by atoms with Crippen molar-refractivity contribution in [2.24, 2.45) is 0 Å². The van der Waals surface area contributed by atoms with Crippen LogP contribution in [0.4, 0.5) is 0 Å². The minimum Gasteiger partial charge on any atom is -0.388 e. The van der Waals surface area contributed by atoms with E-state index in [4.69, 9.17) is 0 Å². The molecule has 1 unspecified atom stereocenters. The van der Waals surface area contributed by atoms with Crippen LogP contribution < -0.4 is 5.56 Å². The van der Waals surface area contributed by atoms with Crippen molar-refractivity contribution in [1.82, 2.24) is 4.57 Å². The maximum atomic E-state index is 12.0. The second-order valence-corrected chi connectivity index (χ2v) is 5.36. The van der Waals surface area contributed by atoms with Crippen molar-refractivity contribution < 1.29 is 5.11 Å². The van der Waals surface area contributed by atoms with Crippen molar-refractivity contribution in [1.29, 1.82) is 0 Å². The van der Waals surface area contributed by atoms with Crippen molar-refractivity contribution in [2.75, 3.05) is 0 Å². The summed E-state index contributed by atoms with van der Waals surface area (Å²) in [6, 6.07) is 13.2. The van der Waals surface area contributed by atoms with Gasteiger partial charge in [-0.2, -0.15) is 0 Å². The molecular weight excluding hydrogens is 250 g/mol. The summed E-state index contributed by atoms with van der Waals surface area (Å²) in [5.74, 6) is 0. The summed E-state index contributed by atoms with van der Waals surface area (Å²) >= 11 is 0. The molecule has 0 aliphatic heterocycles. The van der Waals surface area contributed by atoms with Crippen LogP contribution in [0.1, 0.15) is 35.8 Å². The molecule has 0 saturated heterocycles. The van der Waals surface area contributed by atoms with Crippen molar-refractivity contribution >= 4 is 0 Å². The number of fused-ring (bicyclic) bond motifs is 1. The molecular formula is C17H19NO2. The summed E-state index contributed by atoms with van der Waals surface area (Å²) in [7, 11) is 0. The SMILES string of the molecule is O=c1ccc2c(n1CCC(O)c1ccccc1)CCC2. The molecule has 1 N–H and O–H groups in total. The summed E-state index contributed by atoms with van der Waals surface area (Å²) in [6.45, 7) is 0.581. The molecule has 0 bridgehead atoms. The lowest BCUT2D eigenvalue weighted by Crippen LogP contribution is -2.23. The summed E-state index contributed by atoms with van der Waals surface area (Å²) < 4.78 is 1.84. The highest BCUT2D eigenvalue weighted by Crippen LogP contribution is 2.22. The zero-order chi connectivity index (χ0) is 13.9. The monoisotopic (exact) mass is 269 g/mol. The Bertz CT molecular complexity index is 646. The summed E-state index contributed by atoms with van der Waals surface area (Å²) in [5.41, 5.74) is 3.41. The highest BCUT2D eigenvalue weighted by atomic mass is 16.3. The van der Waals surface area contributed by atoms with E-state index in [1.165, 1.54) is 5.56 Å². The lowest BCUT2D eigenvalue weighted by molar-refractivity contribution is 0.160. The smallest absolute Gasteiger partial charge is 0.250 e. The lowest BCUT2D eigenvalue weighted by atomic mass is 10.1. The van der Waals surface area contributed by atoms with Crippen LogP contribution in [0.2, 0.25) is 0 Å². The first-order valence-corrected chi connectivity index (χ1v) is 7.20. The molecule has 1 aromatic heterocycles. The van der Waals surface area contributed by atoms with Crippen LogP contribution in [0.25, 0.3) is 0 Å². The van der Waals surface area contributed by atoms with Gasteiger partial charge in [0.15, 0.2) is 0 Å². The van der Waals surface area contributed by atoms with Gasteiger partial charge in [0, 0.05) is 18.3 Å². The number of aliphatic hydroxyl groups excluding tert-OH is 1. The molecule has 2 aromatic rings. The molecule has 1 aliphatic rings. The van der Waals surface area contributed by atoms with E-state index in [2.05, 4.69) is 0 Å². The highest BCUT2D eigenvalue weighted by Gasteiger charge is 2.16. The van der Waals surface area contributed by atoms with Gasteiger partial charge in [-0.25, -0.2) is 0 Å². The minimum atomic E-state index is -0.514. The molecule has 0 fully saturated rings. The number of rotatable bonds is 4. The van der Waals surface area contributed by atoms with Gasteiger partial charge in [0.05, 0.1) is 6.10 Å². The van der Waals surface area contributed by atoms with Gasteiger partial charge in [-0.05, 0) is 36.8 Å². The molecule has 1 aromatic carbocycles. The molecule has 3 rings (SSSR count). The van der Waals surface area contributed by atoms with E-state index in [0.29, 0.717) is 13.0 Å². The van der Waals surface area contributed by atoms with Gasteiger partial charge in [0.25, 0.3) is 5.56 Å². The van der Waals surface area contributed by atoms with Crippen LogP contribution in [-0.4, -0.2) is 9.67 Å². The number of aryl methyl sites for hydroxylation is 1. The van der Waals surface area contributed by atoms with Crippen molar-refractivity contribution in [2.45, 2.75) is 38.3 Å². The number of nitrogens with zero attached hydrogens (tertiary/aromatic N) is 1. The third kappa shape index (κ3) is 2.54. The van der Waals surface area contributed by atoms with E-state index < -0.39 is 6.10 Å².